The predicted octanol–water partition coefficient (Wildman–Crippen LogP) is 2.15. The third-order valence-electron chi connectivity index (χ3n) is 9.42. The zero-order valence-electron chi connectivity index (χ0n) is 23.8. The van der Waals surface area contributed by atoms with Gasteiger partial charge in [0.15, 0.2) is 5.96 Å². The van der Waals surface area contributed by atoms with E-state index in [1.54, 1.807) is 0 Å². The van der Waals surface area contributed by atoms with E-state index >= 15 is 0 Å². The van der Waals surface area contributed by atoms with Crippen LogP contribution in [0, 0.1) is 17.8 Å². The molecule has 9 nitrogen and oxygen atoms in total. The lowest BCUT2D eigenvalue weighted by atomic mass is 9.64. The van der Waals surface area contributed by atoms with Gasteiger partial charge in [0.1, 0.15) is 0 Å². The molecule has 9 heteroatoms. The largest absolute Gasteiger partial charge is 0.370 e. The topological polar surface area (TPSA) is 152 Å². The number of hydrogen-bond donors (Lipinski definition) is 5. The van der Waals surface area contributed by atoms with E-state index in [9.17, 15) is 9.59 Å². The van der Waals surface area contributed by atoms with Crippen LogP contribution in [0.1, 0.15) is 82.4 Å². The molecule has 2 heterocycles. The minimum Gasteiger partial charge on any atom is -0.370 e. The van der Waals surface area contributed by atoms with Gasteiger partial charge >= 0.3 is 0 Å². The molecule has 0 radical (unpaired) electrons. The summed E-state index contributed by atoms with van der Waals surface area (Å²) >= 11 is 0. The van der Waals surface area contributed by atoms with E-state index < -0.39 is 11.5 Å². The Balaban J connectivity index is 1.51. The maximum Gasteiger partial charge on any atom is 0.236 e. The average molecular weight is 540 g/mol. The van der Waals surface area contributed by atoms with Crippen LogP contribution in [0.25, 0.3) is 0 Å². The van der Waals surface area contributed by atoms with Gasteiger partial charge in [0.25, 0.3) is 0 Å². The molecule has 2 aliphatic heterocycles. The van der Waals surface area contributed by atoms with Crippen LogP contribution in [0.15, 0.2) is 29.3 Å². The fourth-order valence-electron chi connectivity index (χ4n) is 7.17. The van der Waals surface area contributed by atoms with Crippen LogP contribution in [-0.4, -0.2) is 61.4 Å². The first-order valence-electron chi connectivity index (χ1n) is 14.9. The highest BCUT2D eigenvalue weighted by Gasteiger charge is 2.52. The Hall–Kier alpha value is -2.65. The van der Waals surface area contributed by atoms with E-state index in [1.165, 1.54) is 24.0 Å². The second-order valence-electron chi connectivity index (χ2n) is 12.1. The molecule has 0 aromatic heterocycles. The van der Waals surface area contributed by atoms with Crippen molar-refractivity contribution in [3.8, 4) is 0 Å². The normalized spacial score (nSPS) is 25.3. The highest BCUT2D eigenvalue weighted by molar-refractivity contribution is 5.91. The van der Waals surface area contributed by atoms with Gasteiger partial charge in [-0.1, -0.05) is 38.1 Å². The molecule has 2 fully saturated rings. The number of piperidine rings is 1. The van der Waals surface area contributed by atoms with Gasteiger partial charge in [-0.15, -0.1) is 0 Å². The zero-order valence-corrected chi connectivity index (χ0v) is 23.8. The number of benzene rings is 1. The third kappa shape index (κ3) is 6.57. The highest BCUT2D eigenvalue weighted by Crippen LogP contribution is 2.51. The first-order valence-corrected chi connectivity index (χ1v) is 14.9. The molecule has 1 spiro atoms. The predicted molar refractivity (Wildman–Crippen MR) is 156 cm³/mol. The molecule has 1 aromatic carbocycles. The second kappa shape index (κ2) is 13.1. The van der Waals surface area contributed by atoms with Crippen molar-refractivity contribution in [2.45, 2.75) is 82.7 Å². The minimum atomic E-state index is -0.630. The average Bonchev–Trinajstić information content (AvgIpc) is 2.94. The summed E-state index contributed by atoms with van der Waals surface area (Å²) in [5.41, 5.74) is 18.9. The van der Waals surface area contributed by atoms with E-state index in [-0.39, 0.29) is 23.8 Å². The van der Waals surface area contributed by atoms with Crippen molar-refractivity contribution in [3.63, 3.8) is 0 Å². The van der Waals surface area contributed by atoms with Crippen molar-refractivity contribution in [2.75, 3.05) is 32.7 Å². The molecule has 0 bridgehead atoms. The summed E-state index contributed by atoms with van der Waals surface area (Å²) in [6.45, 7) is 7.65. The van der Waals surface area contributed by atoms with E-state index in [1.807, 2.05) is 0 Å². The van der Waals surface area contributed by atoms with Gasteiger partial charge in [-0.2, -0.15) is 0 Å². The maximum atomic E-state index is 14.5. The molecule has 1 unspecified atom stereocenters. The Morgan fingerprint density at radius 1 is 1.15 bits per heavy atom. The number of guanidine groups is 1. The Labute approximate surface area is 233 Å². The number of aliphatic imine (C=N–C) groups is 1. The van der Waals surface area contributed by atoms with Gasteiger partial charge in [-0.05, 0) is 93.3 Å². The lowest BCUT2D eigenvalue weighted by Crippen LogP contribution is -2.59. The van der Waals surface area contributed by atoms with E-state index in [2.05, 4.69) is 58.6 Å². The molecule has 1 saturated heterocycles. The number of nitrogens with two attached hydrogens (primary N) is 3. The molecule has 3 aliphatic rings. The lowest BCUT2D eigenvalue weighted by Gasteiger charge is -2.52. The number of amides is 2. The Kier molecular flexibility index (Phi) is 9.88. The van der Waals surface area contributed by atoms with Crippen LogP contribution in [0.2, 0.25) is 0 Å². The van der Waals surface area contributed by atoms with Gasteiger partial charge < -0.3 is 32.7 Å². The second-order valence-corrected chi connectivity index (χ2v) is 12.1. The van der Waals surface area contributed by atoms with Gasteiger partial charge in [0.05, 0.1) is 17.5 Å². The number of nitrogens with one attached hydrogen (secondary N) is 2. The van der Waals surface area contributed by atoms with Gasteiger partial charge in [0, 0.05) is 19.6 Å². The smallest absolute Gasteiger partial charge is 0.236 e. The molecule has 8 N–H and O–H groups in total. The maximum absolute atomic E-state index is 14.5. The van der Waals surface area contributed by atoms with E-state index in [0.29, 0.717) is 44.3 Å². The van der Waals surface area contributed by atoms with Crippen LogP contribution in [0.5, 0.6) is 0 Å². The summed E-state index contributed by atoms with van der Waals surface area (Å²) in [6, 6.07) is 8.08. The third-order valence-corrected chi connectivity index (χ3v) is 9.42. The Morgan fingerprint density at radius 3 is 2.51 bits per heavy atom. The van der Waals surface area contributed by atoms with Crippen molar-refractivity contribution >= 4 is 17.8 Å². The number of carbonyl (C=O) groups is 2. The van der Waals surface area contributed by atoms with Gasteiger partial charge in [-0.3, -0.25) is 14.6 Å². The number of fused-ring (bicyclic) bond motifs is 2. The molecular formula is C30H49N7O2. The summed E-state index contributed by atoms with van der Waals surface area (Å²) in [6.07, 6.45) is 7.42. The molecule has 2 atom stereocenters. The Morgan fingerprint density at radius 2 is 1.85 bits per heavy atom. The highest BCUT2D eigenvalue weighted by atomic mass is 16.2. The molecule has 2 amide bonds. The molecule has 1 aromatic rings. The zero-order chi connectivity index (χ0) is 28.0. The van der Waals surface area contributed by atoms with Gasteiger partial charge in [0.2, 0.25) is 11.8 Å². The van der Waals surface area contributed by atoms with Gasteiger partial charge in [-0.25, -0.2) is 0 Å². The SMILES string of the molecule is CC(C)C1CCC(C2c3ccccc3C3(CCNCC3)C(=O)N2CCNC(=O)[C@@H](N)CCCN=C(N)N)CC1. The van der Waals surface area contributed by atoms with Crippen LogP contribution in [0.4, 0.5) is 0 Å². The number of hydrogen-bond acceptors (Lipinski definition) is 5. The molecular weight excluding hydrogens is 490 g/mol. The van der Waals surface area contributed by atoms with Crippen LogP contribution in [0.3, 0.4) is 0 Å². The number of nitrogens with zero attached hydrogens (tertiary/aromatic N) is 2. The number of rotatable bonds is 10. The fourth-order valence-corrected chi connectivity index (χ4v) is 7.17. The summed E-state index contributed by atoms with van der Waals surface area (Å²) in [4.78, 5) is 33.3. The Bertz CT molecular complexity index is 1010. The summed E-state index contributed by atoms with van der Waals surface area (Å²) < 4.78 is 0. The summed E-state index contributed by atoms with van der Waals surface area (Å²) in [7, 11) is 0. The van der Waals surface area contributed by atoms with E-state index in [0.717, 1.165) is 44.7 Å². The van der Waals surface area contributed by atoms with Crippen molar-refractivity contribution < 1.29 is 9.59 Å². The minimum absolute atomic E-state index is 0.0413. The number of carbonyl (C=O) groups excluding carboxylic acids is 2. The van der Waals surface area contributed by atoms with Crippen LogP contribution in [-0.2, 0) is 15.0 Å². The molecule has 216 valence electrons. The van der Waals surface area contributed by atoms with Crippen molar-refractivity contribution in [3.05, 3.63) is 35.4 Å². The fraction of sp³-hybridized carbons (Fsp3) is 0.700. The van der Waals surface area contributed by atoms with Crippen molar-refractivity contribution in [2.24, 2.45) is 39.9 Å². The molecule has 1 saturated carbocycles. The quantitative estimate of drug-likeness (QED) is 0.175. The lowest BCUT2D eigenvalue weighted by molar-refractivity contribution is -0.145. The van der Waals surface area contributed by atoms with Crippen molar-refractivity contribution in [1.82, 2.24) is 15.5 Å². The molecule has 1 aliphatic carbocycles. The first-order chi connectivity index (χ1) is 18.7. The molecule has 39 heavy (non-hydrogen) atoms. The van der Waals surface area contributed by atoms with Crippen LogP contribution >= 0.6 is 0 Å². The van der Waals surface area contributed by atoms with Crippen LogP contribution < -0.4 is 27.8 Å². The monoisotopic (exact) mass is 539 g/mol. The summed E-state index contributed by atoms with van der Waals surface area (Å²) in [5.74, 6) is 1.95. The standard InChI is InChI=1S/C30H49N7O2/c1-20(2)21-9-11-22(12-10-21)26-23-6-3-4-7-24(23)30(13-16-34-17-14-30)28(39)37(26)19-18-35-27(38)25(31)8-5-15-36-29(32)33/h3-4,6-7,20-22,25-26,34H,5,8-19,31H2,1-2H3,(H,35,38)(H4,32,33,36)/t21?,22?,25-,26?/m0/s1. The first kappa shape index (κ1) is 29.3. The summed E-state index contributed by atoms with van der Waals surface area (Å²) in [5, 5.41) is 6.45. The van der Waals surface area contributed by atoms with E-state index in [4.69, 9.17) is 17.2 Å². The van der Waals surface area contributed by atoms with Crippen molar-refractivity contribution in [1.29, 1.82) is 0 Å². The molecule has 4 rings (SSSR count).